The third kappa shape index (κ3) is 4.85. The lowest BCUT2D eigenvalue weighted by Crippen LogP contribution is -3.15. The minimum atomic E-state index is -0.0655. The molecule has 1 amide bonds. The van der Waals surface area contributed by atoms with Crippen molar-refractivity contribution in [2.24, 2.45) is 0 Å². The van der Waals surface area contributed by atoms with Gasteiger partial charge in [-0.25, -0.2) is 0 Å². The molecule has 1 aliphatic heterocycles. The predicted molar refractivity (Wildman–Crippen MR) is 85.3 cm³/mol. The summed E-state index contributed by atoms with van der Waals surface area (Å²) in [6, 6.07) is 5.17. The van der Waals surface area contributed by atoms with Crippen LogP contribution in [0.15, 0.2) is 18.2 Å². The lowest BCUT2D eigenvalue weighted by molar-refractivity contribution is -0.914. The highest BCUT2D eigenvalue weighted by atomic mass is 35.5. The standard InChI is InChI=1S/C15H20Cl2N2O2/c1-10-8-19(9-11(2)21-10)7-6-14(20)18-15-12(16)4-3-5-13(15)17/h3-5,10-11H,6-9H2,1-2H3,(H,18,20)/p+1/t10-,11-/m1/s1. The monoisotopic (exact) mass is 331 g/mol. The molecule has 0 aromatic heterocycles. The van der Waals surface area contributed by atoms with Crippen LogP contribution in [0.25, 0.3) is 0 Å². The van der Waals surface area contributed by atoms with E-state index in [1.807, 2.05) is 0 Å². The number of morpholine rings is 1. The van der Waals surface area contributed by atoms with E-state index in [9.17, 15) is 4.79 Å². The maximum absolute atomic E-state index is 12.0. The van der Waals surface area contributed by atoms with Gasteiger partial charge in [-0.15, -0.1) is 0 Å². The van der Waals surface area contributed by atoms with Gasteiger partial charge in [0.25, 0.3) is 0 Å². The smallest absolute Gasteiger partial charge is 0.230 e. The van der Waals surface area contributed by atoms with Gasteiger partial charge in [0.05, 0.1) is 28.7 Å². The molecule has 6 heteroatoms. The summed E-state index contributed by atoms with van der Waals surface area (Å²) in [6.45, 7) is 6.79. The molecule has 21 heavy (non-hydrogen) atoms. The van der Waals surface area contributed by atoms with E-state index in [2.05, 4.69) is 19.2 Å². The summed E-state index contributed by atoms with van der Waals surface area (Å²) in [5, 5.41) is 3.70. The van der Waals surface area contributed by atoms with E-state index in [0.29, 0.717) is 22.2 Å². The highest BCUT2D eigenvalue weighted by Gasteiger charge is 2.25. The highest BCUT2D eigenvalue weighted by molar-refractivity contribution is 6.39. The Kier molecular flexibility index (Phi) is 5.88. The quantitative estimate of drug-likeness (QED) is 0.886. The van der Waals surface area contributed by atoms with Gasteiger partial charge in [0.2, 0.25) is 5.91 Å². The predicted octanol–water partition coefficient (Wildman–Crippen LogP) is 2.01. The maximum Gasteiger partial charge on any atom is 0.230 e. The van der Waals surface area contributed by atoms with Gasteiger partial charge >= 0.3 is 0 Å². The van der Waals surface area contributed by atoms with Crippen molar-refractivity contribution < 1.29 is 14.4 Å². The number of carbonyl (C=O) groups excluding carboxylic acids is 1. The Hall–Kier alpha value is -0.810. The molecule has 0 saturated carbocycles. The normalized spacial score (nSPS) is 25.6. The van der Waals surface area contributed by atoms with E-state index >= 15 is 0 Å². The van der Waals surface area contributed by atoms with Gasteiger partial charge in [-0.2, -0.15) is 0 Å². The van der Waals surface area contributed by atoms with Gasteiger partial charge in [-0.3, -0.25) is 4.79 Å². The number of benzene rings is 1. The van der Waals surface area contributed by atoms with E-state index in [-0.39, 0.29) is 18.1 Å². The summed E-state index contributed by atoms with van der Waals surface area (Å²) in [5.74, 6) is -0.0655. The van der Waals surface area contributed by atoms with E-state index in [4.69, 9.17) is 27.9 Å². The summed E-state index contributed by atoms with van der Waals surface area (Å²) in [5.41, 5.74) is 0.490. The maximum atomic E-state index is 12.0. The van der Waals surface area contributed by atoms with Crippen LogP contribution < -0.4 is 10.2 Å². The Morgan fingerprint density at radius 1 is 1.29 bits per heavy atom. The number of hydrogen-bond donors (Lipinski definition) is 2. The van der Waals surface area contributed by atoms with Crippen LogP contribution in [-0.4, -0.2) is 37.7 Å². The minimum absolute atomic E-state index is 0.0655. The number of halogens is 2. The average molecular weight is 332 g/mol. The van der Waals surface area contributed by atoms with Gasteiger partial charge in [-0.05, 0) is 26.0 Å². The lowest BCUT2D eigenvalue weighted by atomic mass is 10.2. The molecule has 1 fully saturated rings. The Morgan fingerprint density at radius 2 is 1.86 bits per heavy atom. The van der Waals surface area contributed by atoms with Gasteiger partial charge in [0.1, 0.15) is 25.3 Å². The van der Waals surface area contributed by atoms with Gasteiger partial charge in [0.15, 0.2) is 0 Å². The molecule has 1 heterocycles. The number of para-hydroxylation sites is 1. The van der Waals surface area contributed by atoms with Crippen molar-refractivity contribution in [2.75, 3.05) is 25.0 Å². The molecule has 0 aliphatic carbocycles. The number of quaternary nitrogens is 1. The molecule has 116 valence electrons. The molecular weight excluding hydrogens is 311 g/mol. The zero-order chi connectivity index (χ0) is 15.4. The number of hydrogen-bond acceptors (Lipinski definition) is 2. The van der Waals surface area contributed by atoms with Crippen LogP contribution in [-0.2, 0) is 9.53 Å². The van der Waals surface area contributed by atoms with E-state index in [1.165, 1.54) is 4.90 Å². The SMILES string of the molecule is C[C@@H]1C[NH+](CCC(=O)Nc2c(Cl)cccc2Cl)C[C@@H](C)O1. The second-order valence-corrected chi connectivity index (χ2v) is 6.37. The Labute approximate surface area is 135 Å². The third-order valence-corrected chi connectivity index (χ3v) is 4.18. The number of ether oxygens (including phenoxy) is 1. The van der Waals surface area contributed by atoms with Crippen molar-refractivity contribution in [2.45, 2.75) is 32.5 Å². The zero-order valence-electron chi connectivity index (χ0n) is 12.3. The molecule has 0 radical (unpaired) electrons. The van der Waals surface area contributed by atoms with E-state index in [1.54, 1.807) is 18.2 Å². The highest BCUT2D eigenvalue weighted by Crippen LogP contribution is 2.29. The molecule has 4 nitrogen and oxygen atoms in total. The van der Waals surface area contributed by atoms with Gasteiger partial charge in [0, 0.05) is 0 Å². The van der Waals surface area contributed by atoms with Crippen LogP contribution in [0.4, 0.5) is 5.69 Å². The molecule has 2 rings (SSSR count). The first-order valence-corrected chi connectivity index (χ1v) is 7.94. The first-order chi connectivity index (χ1) is 9.95. The summed E-state index contributed by atoms with van der Waals surface area (Å²) in [6.07, 6.45) is 0.922. The number of amides is 1. The third-order valence-electron chi connectivity index (χ3n) is 3.55. The second-order valence-electron chi connectivity index (χ2n) is 5.56. The molecular formula is C15H21Cl2N2O2+. The van der Waals surface area contributed by atoms with Crippen molar-refractivity contribution in [3.8, 4) is 0 Å². The minimum Gasteiger partial charge on any atom is -0.364 e. The van der Waals surface area contributed by atoms with Crippen molar-refractivity contribution >= 4 is 34.8 Å². The van der Waals surface area contributed by atoms with Crippen molar-refractivity contribution in [3.63, 3.8) is 0 Å². The number of rotatable bonds is 4. The first kappa shape index (κ1) is 16.6. The Balaban J connectivity index is 1.85. The van der Waals surface area contributed by atoms with Gasteiger partial charge in [-0.1, -0.05) is 29.3 Å². The Bertz CT molecular complexity index is 480. The van der Waals surface area contributed by atoms with Crippen LogP contribution >= 0.6 is 23.2 Å². The van der Waals surface area contributed by atoms with Crippen molar-refractivity contribution in [3.05, 3.63) is 28.2 Å². The fourth-order valence-corrected chi connectivity index (χ4v) is 3.19. The summed E-state index contributed by atoms with van der Waals surface area (Å²) in [7, 11) is 0. The summed E-state index contributed by atoms with van der Waals surface area (Å²) >= 11 is 12.1. The molecule has 1 aliphatic rings. The Morgan fingerprint density at radius 3 is 2.43 bits per heavy atom. The molecule has 1 aromatic carbocycles. The lowest BCUT2D eigenvalue weighted by Gasteiger charge is -2.32. The molecule has 0 unspecified atom stereocenters. The molecule has 0 spiro atoms. The second kappa shape index (κ2) is 7.45. The number of anilines is 1. The average Bonchev–Trinajstić information content (AvgIpc) is 2.40. The summed E-state index contributed by atoms with van der Waals surface area (Å²) < 4.78 is 5.69. The fourth-order valence-electron chi connectivity index (χ4n) is 2.70. The van der Waals surface area contributed by atoms with Crippen molar-refractivity contribution in [1.29, 1.82) is 0 Å². The van der Waals surface area contributed by atoms with Crippen LogP contribution in [0.3, 0.4) is 0 Å². The van der Waals surface area contributed by atoms with Crippen molar-refractivity contribution in [1.82, 2.24) is 0 Å². The molecule has 2 N–H and O–H groups in total. The van der Waals surface area contributed by atoms with Crippen LogP contribution in [0.2, 0.25) is 10.0 Å². The molecule has 1 saturated heterocycles. The fraction of sp³-hybridized carbons (Fsp3) is 0.533. The summed E-state index contributed by atoms with van der Waals surface area (Å²) in [4.78, 5) is 13.4. The largest absolute Gasteiger partial charge is 0.364 e. The topological polar surface area (TPSA) is 42.8 Å². The first-order valence-electron chi connectivity index (χ1n) is 7.18. The zero-order valence-corrected chi connectivity index (χ0v) is 13.8. The van der Waals surface area contributed by atoms with Crippen LogP contribution in [0.1, 0.15) is 20.3 Å². The molecule has 0 bridgehead atoms. The van der Waals surface area contributed by atoms with E-state index in [0.717, 1.165) is 19.6 Å². The molecule has 2 atom stereocenters. The number of carbonyl (C=O) groups is 1. The van der Waals surface area contributed by atoms with Crippen LogP contribution in [0, 0.1) is 0 Å². The van der Waals surface area contributed by atoms with Gasteiger partial charge < -0.3 is 15.0 Å². The number of nitrogens with one attached hydrogen (secondary N) is 2. The molecule has 1 aromatic rings. The van der Waals surface area contributed by atoms with Crippen LogP contribution in [0.5, 0.6) is 0 Å². The van der Waals surface area contributed by atoms with E-state index < -0.39 is 0 Å².